The van der Waals surface area contributed by atoms with Crippen LogP contribution in [0.4, 0.5) is 0 Å². The lowest BCUT2D eigenvalue weighted by atomic mass is 10.1. The van der Waals surface area contributed by atoms with Crippen molar-refractivity contribution in [3.05, 3.63) is 0 Å². The van der Waals surface area contributed by atoms with Crippen molar-refractivity contribution in [1.82, 2.24) is 15.2 Å². The fraction of sp³-hybridized carbons (Fsp3) is 0.900. The van der Waals surface area contributed by atoms with E-state index in [2.05, 4.69) is 29.2 Å². The average molecular weight is 214 g/mol. The Bertz CT molecular complexity index is 221. The van der Waals surface area contributed by atoms with Gasteiger partial charge in [0.1, 0.15) is 0 Å². The van der Waals surface area contributed by atoms with Crippen LogP contribution in [0.25, 0.3) is 0 Å². The van der Waals surface area contributed by atoms with Crippen LogP contribution in [-0.4, -0.2) is 54.5 Å². The molecule has 5 heteroatoms. The molecule has 1 aliphatic rings. The molecule has 1 rings (SSSR count). The summed E-state index contributed by atoms with van der Waals surface area (Å²) in [6.07, 6.45) is 0.805. The van der Waals surface area contributed by atoms with Gasteiger partial charge < -0.3 is 4.90 Å². The molecule has 0 spiro atoms. The van der Waals surface area contributed by atoms with Crippen molar-refractivity contribution in [2.45, 2.75) is 32.4 Å². The Kier molecular flexibility index (Phi) is 4.50. The number of likely N-dealkylation sites (N-methyl/N-ethyl adjacent to an activating group) is 1. The van der Waals surface area contributed by atoms with Crippen molar-refractivity contribution in [3.8, 4) is 0 Å². The zero-order valence-electron chi connectivity index (χ0n) is 9.86. The quantitative estimate of drug-likeness (QED) is 0.374. The lowest BCUT2D eigenvalue weighted by Crippen LogP contribution is -2.57. The van der Waals surface area contributed by atoms with Gasteiger partial charge in [0.15, 0.2) is 0 Å². The third-order valence-corrected chi connectivity index (χ3v) is 3.26. The standard InChI is InChI=1S/C10H22N4O/c1-4-9(10(15)12-11)14-6-5-13(3)8(2)7-14/h8-9H,4-7,11H2,1-3H3,(H,12,15). The fourth-order valence-electron chi connectivity index (χ4n) is 2.07. The number of nitrogens with two attached hydrogens (primary N) is 1. The van der Waals surface area contributed by atoms with Crippen LogP contribution < -0.4 is 11.3 Å². The van der Waals surface area contributed by atoms with E-state index in [1.54, 1.807) is 0 Å². The van der Waals surface area contributed by atoms with Gasteiger partial charge in [-0.05, 0) is 20.4 Å². The smallest absolute Gasteiger partial charge is 0.251 e. The summed E-state index contributed by atoms with van der Waals surface area (Å²) >= 11 is 0. The van der Waals surface area contributed by atoms with Crippen LogP contribution in [0.5, 0.6) is 0 Å². The summed E-state index contributed by atoms with van der Waals surface area (Å²) in [6, 6.07) is 0.421. The Morgan fingerprint density at radius 3 is 2.73 bits per heavy atom. The van der Waals surface area contributed by atoms with Crippen LogP contribution in [0.3, 0.4) is 0 Å². The first-order valence-electron chi connectivity index (χ1n) is 5.54. The Balaban J connectivity index is 2.58. The second-order valence-corrected chi connectivity index (χ2v) is 4.26. The highest BCUT2D eigenvalue weighted by Gasteiger charge is 2.29. The van der Waals surface area contributed by atoms with Crippen molar-refractivity contribution >= 4 is 5.91 Å². The molecule has 1 saturated heterocycles. The molecule has 5 nitrogen and oxygen atoms in total. The van der Waals surface area contributed by atoms with Crippen LogP contribution in [0.15, 0.2) is 0 Å². The number of amides is 1. The van der Waals surface area contributed by atoms with E-state index in [0.29, 0.717) is 6.04 Å². The molecule has 88 valence electrons. The molecule has 2 unspecified atom stereocenters. The molecule has 0 saturated carbocycles. The number of rotatable bonds is 3. The highest BCUT2D eigenvalue weighted by Crippen LogP contribution is 2.12. The molecule has 1 amide bonds. The molecule has 2 atom stereocenters. The van der Waals surface area contributed by atoms with E-state index in [1.807, 2.05) is 6.92 Å². The number of nitrogens with zero attached hydrogens (tertiary/aromatic N) is 2. The predicted molar refractivity (Wildman–Crippen MR) is 60.1 cm³/mol. The number of hydrazine groups is 1. The number of nitrogens with one attached hydrogen (secondary N) is 1. The molecule has 0 aromatic carbocycles. The van der Waals surface area contributed by atoms with Crippen molar-refractivity contribution in [2.75, 3.05) is 26.7 Å². The number of hydrogen-bond acceptors (Lipinski definition) is 4. The second-order valence-electron chi connectivity index (χ2n) is 4.26. The van der Waals surface area contributed by atoms with Crippen molar-refractivity contribution in [1.29, 1.82) is 0 Å². The largest absolute Gasteiger partial charge is 0.301 e. The van der Waals surface area contributed by atoms with E-state index in [9.17, 15) is 4.79 Å². The van der Waals surface area contributed by atoms with Gasteiger partial charge in [-0.2, -0.15) is 0 Å². The van der Waals surface area contributed by atoms with E-state index in [0.717, 1.165) is 26.1 Å². The SMILES string of the molecule is CCC(C(=O)NN)N1CCN(C)C(C)C1. The molecule has 0 bridgehead atoms. The van der Waals surface area contributed by atoms with Crippen molar-refractivity contribution in [3.63, 3.8) is 0 Å². The molecule has 15 heavy (non-hydrogen) atoms. The lowest BCUT2D eigenvalue weighted by molar-refractivity contribution is -0.127. The van der Waals surface area contributed by atoms with Gasteiger partial charge in [-0.15, -0.1) is 0 Å². The van der Waals surface area contributed by atoms with Gasteiger partial charge in [-0.1, -0.05) is 6.92 Å². The van der Waals surface area contributed by atoms with E-state index in [1.165, 1.54) is 0 Å². The normalized spacial score (nSPS) is 26.3. The summed E-state index contributed by atoms with van der Waals surface area (Å²) in [7, 11) is 2.12. The van der Waals surface area contributed by atoms with Crippen LogP contribution in [0, 0.1) is 0 Å². The summed E-state index contributed by atoms with van der Waals surface area (Å²) in [5, 5.41) is 0. The maximum atomic E-state index is 11.5. The first-order valence-corrected chi connectivity index (χ1v) is 5.54. The second kappa shape index (κ2) is 5.44. The molecule has 0 aromatic heterocycles. The van der Waals surface area contributed by atoms with Gasteiger partial charge in [0.2, 0.25) is 0 Å². The minimum atomic E-state index is -0.0776. The van der Waals surface area contributed by atoms with Crippen LogP contribution in [-0.2, 0) is 4.79 Å². The van der Waals surface area contributed by atoms with Gasteiger partial charge >= 0.3 is 0 Å². The molecule has 3 N–H and O–H groups in total. The zero-order chi connectivity index (χ0) is 11.4. The number of carbonyl (C=O) groups excluding carboxylic acids is 1. The van der Waals surface area contributed by atoms with E-state index < -0.39 is 0 Å². The summed E-state index contributed by atoms with van der Waals surface area (Å²) in [5.41, 5.74) is 2.25. The van der Waals surface area contributed by atoms with Gasteiger partial charge in [-0.3, -0.25) is 15.1 Å². The predicted octanol–water partition coefficient (Wildman–Crippen LogP) is -0.609. The summed E-state index contributed by atoms with van der Waals surface area (Å²) < 4.78 is 0. The molecule has 0 aromatic rings. The van der Waals surface area contributed by atoms with E-state index >= 15 is 0 Å². The van der Waals surface area contributed by atoms with Crippen LogP contribution in [0.2, 0.25) is 0 Å². The van der Waals surface area contributed by atoms with E-state index in [-0.39, 0.29) is 11.9 Å². The monoisotopic (exact) mass is 214 g/mol. The first-order chi connectivity index (χ1) is 7.10. The van der Waals surface area contributed by atoms with Gasteiger partial charge in [-0.25, -0.2) is 5.84 Å². The zero-order valence-corrected chi connectivity index (χ0v) is 9.86. The molecule has 0 radical (unpaired) electrons. The minimum absolute atomic E-state index is 0.0748. The molecule has 1 heterocycles. The highest BCUT2D eigenvalue weighted by molar-refractivity contribution is 5.81. The van der Waals surface area contributed by atoms with Gasteiger partial charge in [0.25, 0.3) is 5.91 Å². The number of carbonyl (C=O) groups is 1. The topological polar surface area (TPSA) is 61.6 Å². The summed E-state index contributed by atoms with van der Waals surface area (Å²) in [4.78, 5) is 16.1. The first kappa shape index (κ1) is 12.4. The maximum Gasteiger partial charge on any atom is 0.251 e. The van der Waals surface area contributed by atoms with Crippen molar-refractivity contribution in [2.24, 2.45) is 5.84 Å². The number of hydrogen-bond donors (Lipinski definition) is 2. The van der Waals surface area contributed by atoms with Gasteiger partial charge in [0, 0.05) is 25.7 Å². The Labute approximate surface area is 91.6 Å². The maximum absolute atomic E-state index is 11.5. The Morgan fingerprint density at radius 1 is 1.60 bits per heavy atom. The molecular formula is C10H22N4O. The average Bonchev–Trinajstić information content (AvgIpc) is 2.24. The fourth-order valence-corrected chi connectivity index (χ4v) is 2.07. The number of piperazine rings is 1. The molecule has 1 aliphatic heterocycles. The van der Waals surface area contributed by atoms with Crippen molar-refractivity contribution < 1.29 is 4.79 Å². The summed E-state index contributed by atoms with van der Waals surface area (Å²) in [5.74, 6) is 5.11. The lowest BCUT2D eigenvalue weighted by Gasteiger charge is -2.40. The third-order valence-electron chi connectivity index (χ3n) is 3.26. The Hall–Kier alpha value is -0.650. The highest BCUT2D eigenvalue weighted by atomic mass is 16.2. The van der Waals surface area contributed by atoms with E-state index in [4.69, 9.17) is 5.84 Å². The molecular weight excluding hydrogens is 192 g/mol. The molecule has 1 fully saturated rings. The Morgan fingerprint density at radius 2 is 2.27 bits per heavy atom. The van der Waals surface area contributed by atoms with Gasteiger partial charge in [0.05, 0.1) is 6.04 Å². The van der Waals surface area contributed by atoms with Crippen LogP contribution >= 0.6 is 0 Å². The summed E-state index contributed by atoms with van der Waals surface area (Å²) in [6.45, 7) is 7.08. The molecule has 0 aliphatic carbocycles. The van der Waals surface area contributed by atoms with Crippen LogP contribution in [0.1, 0.15) is 20.3 Å². The minimum Gasteiger partial charge on any atom is -0.301 e. The third kappa shape index (κ3) is 2.90.